The van der Waals surface area contributed by atoms with Gasteiger partial charge >= 0.3 is 0 Å². The Labute approximate surface area is 118 Å². The van der Waals surface area contributed by atoms with Crippen molar-refractivity contribution in [2.45, 2.75) is 12.1 Å². The van der Waals surface area contributed by atoms with Crippen molar-refractivity contribution in [3.8, 4) is 0 Å². The highest BCUT2D eigenvalue weighted by Crippen LogP contribution is 2.37. The van der Waals surface area contributed by atoms with Crippen LogP contribution in [0.2, 0.25) is 0 Å². The maximum absolute atomic E-state index is 5.38. The molecule has 2 atom stereocenters. The van der Waals surface area contributed by atoms with Gasteiger partial charge in [0.05, 0.1) is 17.8 Å². The molecule has 1 aliphatic rings. The molecule has 0 amide bonds. The number of nitrogens with one attached hydrogen (secondary N) is 1. The van der Waals surface area contributed by atoms with Gasteiger partial charge in [-0.2, -0.15) is 0 Å². The Hall–Kier alpha value is -1.88. The molecule has 1 fully saturated rings. The summed E-state index contributed by atoms with van der Waals surface area (Å²) in [7, 11) is 4.05. The summed E-state index contributed by atoms with van der Waals surface area (Å²) < 4.78 is 2.06. The lowest BCUT2D eigenvalue weighted by atomic mass is 10.00. The van der Waals surface area contributed by atoms with Gasteiger partial charge in [-0.3, -0.25) is 4.98 Å². The van der Waals surface area contributed by atoms with E-state index in [4.69, 9.17) is 12.2 Å². The predicted octanol–water partition coefficient (Wildman–Crippen LogP) is 2.02. The number of aryl methyl sites for hydroxylation is 1. The number of likely N-dealkylation sites (N-methyl/N-ethyl adjacent to an activating group) is 1. The van der Waals surface area contributed by atoms with Crippen molar-refractivity contribution >= 4 is 17.3 Å². The van der Waals surface area contributed by atoms with Crippen molar-refractivity contribution in [2.75, 3.05) is 7.05 Å². The molecular weight excluding hydrogens is 256 g/mol. The molecule has 2 aromatic rings. The van der Waals surface area contributed by atoms with Gasteiger partial charge in [-0.1, -0.05) is 6.07 Å². The number of rotatable bonds is 2. The highest BCUT2D eigenvalue weighted by atomic mass is 32.1. The van der Waals surface area contributed by atoms with Crippen LogP contribution in [0.1, 0.15) is 23.3 Å². The molecule has 19 heavy (non-hydrogen) atoms. The van der Waals surface area contributed by atoms with Crippen LogP contribution in [0.5, 0.6) is 0 Å². The molecule has 5 heteroatoms. The normalized spacial score (nSPS) is 22.6. The molecule has 1 aliphatic heterocycles. The SMILES string of the molecule is CN1C(=S)N[C@H](c2ccccn2)[C@@H]1c1ccn(C)c1. The Morgan fingerprint density at radius 2 is 2.11 bits per heavy atom. The van der Waals surface area contributed by atoms with Gasteiger partial charge in [-0.25, -0.2) is 0 Å². The van der Waals surface area contributed by atoms with Crippen molar-refractivity contribution in [2.24, 2.45) is 7.05 Å². The van der Waals surface area contributed by atoms with Crippen LogP contribution in [0.15, 0.2) is 42.9 Å². The van der Waals surface area contributed by atoms with E-state index in [0.29, 0.717) is 0 Å². The molecule has 3 rings (SSSR count). The van der Waals surface area contributed by atoms with Crippen molar-refractivity contribution in [3.63, 3.8) is 0 Å². The Bertz CT molecular complexity index is 593. The van der Waals surface area contributed by atoms with Crippen LogP contribution < -0.4 is 5.32 Å². The van der Waals surface area contributed by atoms with E-state index in [9.17, 15) is 0 Å². The van der Waals surface area contributed by atoms with Gasteiger partial charge < -0.3 is 14.8 Å². The van der Waals surface area contributed by atoms with Crippen molar-refractivity contribution in [1.82, 2.24) is 19.8 Å². The molecule has 0 aliphatic carbocycles. The molecular formula is C14H16N4S. The molecule has 98 valence electrons. The first-order valence-electron chi connectivity index (χ1n) is 6.23. The second-order valence-electron chi connectivity index (χ2n) is 4.85. The third-order valence-corrected chi connectivity index (χ3v) is 3.94. The van der Waals surface area contributed by atoms with Gasteiger partial charge in [0.25, 0.3) is 0 Å². The summed E-state index contributed by atoms with van der Waals surface area (Å²) >= 11 is 5.38. The fourth-order valence-corrected chi connectivity index (χ4v) is 2.82. The maximum Gasteiger partial charge on any atom is 0.169 e. The fraction of sp³-hybridized carbons (Fsp3) is 0.286. The summed E-state index contributed by atoms with van der Waals surface area (Å²) in [6.07, 6.45) is 6.01. The van der Waals surface area contributed by atoms with E-state index in [2.05, 4.69) is 38.2 Å². The third-order valence-electron chi connectivity index (χ3n) is 3.54. The van der Waals surface area contributed by atoms with Crippen LogP contribution in [0, 0.1) is 0 Å². The number of pyridine rings is 1. The summed E-state index contributed by atoms with van der Waals surface area (Å²) in [5.74, 6) is 0. The zero-order valence-electron chi connectivity index (χ0n) is 10.9. The smallest absolute Gasteiger partial charge is 0.169 e. The number of hydrogen-bond acceptors (Lipinski definition) is 2. The summed E-state index contributed by atoms with van der Waals surface area (Å²) in [6, 6.07) is 8.39. The quantitative estimate of drug-likeness (QED) is 0.848. The van der Waals surface area contributed by atoms with Crippen LogP contribution in [-0.2, 0) is 7.05 Å². The zero-order valence-corrected chi connectivity index (χ0v) is 11.8. The van der Waals surface area contributed by atoms with Gasteiger partial charge in [0.15, 0.2) is 5.11 Å². The number of nitrogens with zero attached hydrogens (tertiary/aromatic N) is 3. The second kappa shape index (κ2) is 4.66. The summed E-state index contributed by atoms with van der Waals surface area (Å²) in [5.41, 5.74) is 2.26. The zero-order chi connectivity index (χ0) is 13.4. The Kier molecular flexibility index (Phi) is 2.98. The molecule has 0 saturated carbocycles. The van der Waals surface area contributed by atoms with E-state index in [1.165, 1.54) is 5.56 Å². The fourth-order valence-electron chi connectivity index (χ4n) is 2.58. The first-order valence-corrected chi connectivity index (χ1v) is 6.64. The minimum absolute atomic E-state index is 0.0982. The average Bonchev–Trinajstić information content (AvgIpc) is 2.96. The number of aromatic nitrogens is 2. The van der Waals surface area contributed by atoms with Gasteiger partial charge in [0.1, 0.15) is 0 Å². The van der Waals surface area contributed by atoms with Crippen LogP contribution in [0.3, 0.4) is 0 Å². The molecule has 0 radical (unpaired) electrons. The van der Waals surface area contributed by atoms with Crippen LogP contribution in [-0.4, -0.2) is 26.6 Å². The second-order valence-corrected chi connectivity index (χ2v) is 5.23. The van der Waals surface area contributed by atoms with Crippen molar-refractivity contribution in [3.05, 3.63) is 54.1 Å². The lowest BCUT2D eigenvalue weighted by Gasteiger charge is -2.23. The Morgan fingerprint density at radius 3 is 2.74 bits per heavy atom. The first kappa shape index (κ1) is 12.2. The first-order chi connectivity index (χ1) is 9.16. The molecule has 0 bridgehead atoms. The molecule has 1 N–H and O–H groups in total. The highest BCUT2D eigenvalue weighted by Gasteiger charge is 2.37. The van der Waals surface area contributed by atoms with E-state index in [1.807, 2.05) is 38.5 Å². The molecule has 0 aromatic carbocycles. The number of thiocarbonyl (C=S) groups is 1. The maximum atomic E-state index is 5.38. The van der Waals surface area contributed by atoms with Gasteiger partial charge in [-0.15, -0.1) is 0 Å². The highest BCUT2D eigenvalue weighted by molar-refractivity contribution is 7.80. The van der Waals surface area contributed by atoms with E-state index < -0.39 is 0 Å². The van der Waals surface area contributed by atoms with Crippen molar-refractivity contribution in [1.29, 1.82) is 0 Å². The lowest BCUT2D eigenvalue weighted by Crippen LogP contribution is -2.24. The third kappa shape index (κ3) is 2.10. The van der Waals surface area contributed by atoms with E-state index in [0.717, 1.165) is 10.8 Å². The largest absolute Gasteiger partial charge is 0.357 e. The standard InChI is InChI=1S/C14H16N4S/c1-17-8-6-10(9-17)13-12(16-14(19)18(13)2)11-5-3-4-7-15-11/h3-9,12-13H,1-2H3,(H,16,19)/t12-,13+/m1/s1. The topological polar surface area (TPSA) is 33.1 Å². The van der Waals surface area contributed by atoms with E-state index >= 15 is 0 Å². The van der Waals surface area contributed by atoms with Crippen LogP contribution >= 0.6 is 12.2 Å². The molecule has 4 nitrogen and oxygen atoms in total. The monoisotopic (exact) mass is 272 g/mol. The minimum Gasteiger partial charge on any atom is -0.357 e. The lowest BCUT2D eigenvalue weighted by molar-refractivity contribution is 0.368. The molecule has 2 aromatic heterocycles. The Morgan fingerprint density at radius 1 is 1.26 bits per heavy atom. The molecule has 0 spiro atoms. The van der Waals surface area contributed by atoms with Gasteiger partial charge in [0.2, 0.25) is 0 Å². The van der Waals surface area contributed by atoms with E-state index in [1.54, 1.807) is 0 Å². The average molecular weight is 272 g/mol. The Balaban J connectivity index is 2.01. The van der Waals surface area contributed by atoms with Gasteiger partial charge in [-0.05, 0) is 36.0 Å². The predicted molar refractivity (Wildman–Crippen MR) is 78.6 cm³/mol. The molecule has 3 heterocycles. The molecule has 1 saturated heterocycles. The van der Waals surface area contributed by atoms with Gasteiger partial charge in [0, 0.05) is 32.7 Å². The van der Waals surface area contributed by atoms with Crippen LogP contribution in [0.25, 0.3) is 0 Å². The molecule has 0 unspecified atom stereocenters. The van der Waals surface area contributed by atoms with Crippen LogP contribution in [0.4, 0.5) is 0 Å². The van der Waals surface area contributed by atoms with Crippen molar-refractivity contribution < 1.29 is 0 Å². The summed E-state index contributed by atoms with van der Waals surface area (Å²) in [5, 5.41) is 4.13. The summed E-state index contributed by atoms with van der Waals surface area (Å²) in [6.45, 7) is 0. The summed E-state index contributed by atoms with van der Waals surface area (Å²) in [4.78, 5) is 6.56. The van der Waals surface area contributed by atoms with E-state index in [-0.39, 0.29) is 12.1 Å². The number of hydrogen-bond donors (Lipinski definition) is 1. The minimum atomic E-state index is 0.0982.